The highest BCUT2D eigenvalue weighted by molar-refractivity contribution is 6.17. The third-order valence-electron chi connectivity index (χ3n) is 15.4. The van der Waals surface area contributed by atoms with Gasteiger partial charge in [0.25, 0.3) is 0 Å². The quantitative estimate of drug-likeness (QED) is 0.131. The van der Waals surface area contributed by atoms with Crippen LogP contribution in [-0.4, -0.2) is 4.57 Å². The first-order chi connectivity index (χ1) is 33.1. The Balaban J connectivity index is 0.909. The van der Waals surface area contributed by atoms with Gasteiger partial charge in [0.15, 0.2) is 0 Å². The van der Waals surface area contributed by atoms with E-state index in [-0.39, 0.29) is 5.63 Å². The molecule has 0 unspecified atom stereocenters. The van der Waals surface area contributed by atoms with E-state index in [9.17, 15) is 4.79 Å². The lowest BCUT2D eigenvalue weighted by molar-refractivity contribution is 0.570. The average Bonchev–Trinajstić information content (AvgIpc) is 4.00. The normalized spacial score (nSPS) is 13.7. The van der Waals surface area contributed by atoms with Crippen molar-refractivity contribution in [1.29, 1.82) is 0 Å². The Labute approximate surface area is 386 Å². The minimum absolute atomic E-state index is 0.326. The van der Waals surface area contributed by atoms with Crippen molar-refractivity contribution >= 4 is 43.5 Å². The summed E-state index contributed by atoms with van der Waals surface area (Å²) in [4.78, 5) is 14.0. The largest absolute Gasteiger partial charge is 0.422 e. The first kappa shape index (κ1) is 36.8. The number of hydrogen-bond donors (Lipinski definition) is 0. The van der Waals surface area contributed by atoms with E-state index in [1.165, 1.54) is 83.1 Å². The predicted octanol–water partition coefficient (Wildman–Crippen LogP) is 15.5. The fraction of sp³-hybridized carbons (Fsp3) is 0.0469. The zero-order chi connectivity index (χ0) is 44.0. The van der Waals surface area contributed by atoms with Crippen LogP contribution in [0.4, 0.5) is 0 Å². The van der Waals surface area contributed by atoms with Gasteiger partial charge in [0.05, 0.1) is 21.8 Å². The lowest BCUT2D eigenvalue weighted by Crippen LogP contribution is -2.25. The highest BCUT2D eigenvalue weighted by Gasteiger charge is 2.52. The predicted molar refractivity (Wildman–Crippen MR) is 274 cm³/mol. The van der Waals surface area contributed by atoms with Crippen molar-refractivity contribution in [2.24, 2.45) is 0 Å². The van der Waals surface area contributed by atoms with Crippen molar-refractivity contribution in [2.45, 2.75) is 18.3 Å². The molecule has 3 aliphatic carbocycles. The summed E-state index contributed by atoms with van der Waals surface area (Å²) in [5.74, 6) is 0. The number of aromatic nitrogens is 1. The summed E-state index contributed by atoms with van der Waals surface area (Å²) in [5, 5.41) is 4.78. The molecule has 67 heavy (non-hydrogen) atoms. The van der Waals surface area contributed by atoms with Gasteiger partial charge in [-0.2, -0.15) is 0 Å². The summed E-state index contributed by atoms with van der Waals surface area (Å²) in [5.41, 5.74) is 23.2. The lowest BCUT2D eigenvalue weighted by Gasteiger charge is -2.30. The van der Waals surface area contributed by atoms with E-state index in [2.05, 4.69) is 205 Å². The Bertz CT molecular complexity index is 4140. The van der Waals surface area contributed by atoms with Gasteiger partial charge in [0, 0.05) is 27.4 Å². The highest BCUT2D eigenvalue weighted by atomic mass is 16.4. The van der Waals surface area contributed by atoms with E-state index in [0.29, 0.717) is 11.0 Å². The molecule has 0 aliphatic heterocycles. The van der Waals surface area contributed by atoms with Gasteiger partial charge < -0.3 is 8.98 Å². The summed E-state index contributed by atoms with van der Waals surface area (Å²) in [6.45, 7) is 0. The maximum Gasteiger partial charge on any atom is 0.344 e. The summed E-state index contributed by atoms with van der Waals surface area (Å²) in [6, 6.07) is 77.3. The van der Waals surface area contributed by atoms with Crippen LogP contribution in [0, 0.1) is 0 Å². The Morgan fingerprint density at radius 1 is 0.388 bits per heavy atom. The van der Waals surface area contributed by atoms with Crippen molar-refractivity contribution < 1.29 is 4.42 Å². The van der Waals surface area contributed by atoms with Crippen LogP contribution < -0.4 is 5.63 Å². The average molecular weight is 854 g/mol. The Morgan fingerprint density at radius 2 is 0.970 bits per heavy atom. The van der Waals surface area contributed by atoms with Gasteiger partial charge >= 0.3 is 5.63 Å². The zero-order valence-electron chi connectivity index (χ0n) is 36.4. The van der Waals surface area contributed by atoms with E-state index >= 15 is 0 Å². The van der Waals surface area contributed by atoms with Gasteiger partial charge in [0.1, 0.15) is 5.58 Å². The molecule has 3 aliphatic rings. The molecular formula is C64H39NO2. The van der Waals surface area contributed by atoms with E-state index in [1.807, 2.05) is 12.1 Å². The maximum atomic E-state index is 14.0. The standard InChI is InChI=1S/C64H39NO2/c66-63-53-36-42(45-21-12-14-39-26-25-38-13-4-5-17-44(38)60(39)45)28-30-46(53)49-31-27-41(37-59(49)67-63)40-29-34-58-52(35-40)50-32-33-57-61(62(50)65(58)43-15-2-1-3-16-43)51-20-8-11-24-56(51)64(57)54-22-9-6-18-47(54)48-19-7-10-23-55(48)64/h1-24,27-37H,25-26H2. The minimum atomic E-state index is -0.440. The lowest BCUT2D eigenvalue weighted by atomic mass is 9.70. The van der Waals surface area contributed by atoms with Gasteiger partial charge in [-0.15, -0.1) is 0 Å². The number of nitrogens with zero attached hydrogens (tertiary/aromatic N) is 1. The monoisotopic (exact) mass is 853 g/mol. The zero-order valence-corrected chi connectivity index (χ0v) is 36.4. The molecule has 0 N–H and O–H groups in total. The molecule has 0 saturated carbocycles. The first-order valence-corrected chi connectivity index (χ1v) is 23.3. The molecule has 2 heterocycles. The van der Waals surface area contributed by atoms with Gasteiger partial charge in [-0.1, -0.05) is 170 Å². The maximum absolute atomic E-state index is 14.0. The second-order valence-corrected chi connectivity index (χ2v) is 18.5. The fourth-order valence-electron chi connectivity index (χ4n) is 12.6. The molecule has 0 radical (unpaired) electrons. The van der Waals surface area contributed by atoms with E-state index in [4.69, 9.17) is 4.42 Å². The summed E-state index contributed by atoms with van der Waals surface area (Å²) in [6.07, 6.45) is 2.04. The summed E-state index contributed by atoms with van der Waals surface area (Å²) < 4.78 is 8.71. The molecule has 0 saturated heterocycles. The van der Waals surface area contributed by atoms with Crippen LogP contribution >= 0.6 is 0 Å². The van der Waals surface area contributed by atoms with Crippen molar-refractivity contribution in [3.8, 4) is 61.3 Å². The molecule has 3 nitrogen and oxygen atoms in total. The number of aryl methyl sites for hydroxylation is 2. The summed E-state index contributed by atoms with van der Waals surface area (Å²) >= 11 is 0. The van der Waals surface area contributed by atoms with Crippen molar-refractivity contribution in [2.75, 3.05) is 0 Å². The van der Waals surface area contributed by atoms with Crippen LogP contribution in [0.15, 0.2) is 222 Å². The molecule has 10 aromatic carbocycles. The van der Waals surface area contributed by atoms with E-state index < -0.39 is 5.41 Å². The number of para-hydroxylation sites is 1. The Morgan fingerprint density at radius 3 is 1.78 bits per heavy atom. The Kier molecular flexibility index (Phi) is 7.41. The van der Waals surface area contributed by atoms with Crippen molar-refractivity contribution in [1.82, 2.24) is 4.57 Å². The molecule has 15 rings (SSSR count). The van der Waals surface area contributed by atoms with Gasteiger partial charge in [-0.25, -0.2) is 4.79 Å². The molecule has 2 aromatic heterocycles. The fourth-order valence-corrected chi connectivity index (χ4v) is 12.6. The smallest absolute Gasteiger partial charge is 0.344 e. The van der Waals surface area contributed by atoms with Crippen LogP contribution in [0.25, 0.3) is 105 Å². The first-order valence-electron chi connectivity index (χ1n) is 23.3. The summed E-state index contributed by atoms with van der Waals surface area (Å²) in [7, 11) is 0. The van der Waals surface area contributed by atoms with Gasteiger partial charge in [-0.05, 0) is 144 Å². The third-order valence-corrected chi connectivity index (χ3v) is 15.4. The highest BCUT2D eigenvalue weighted by Crippen LogP contribution is 2.64. The molecule has 312 valence electrons. The van der Waals surface area contributed by atoms with Crippen LogP contribution in [-0.2, 0) is 18.3 Å². The number of rotatable bonds is 3. The van der Waals surface area contributed by atoms with Gasteiger partial charge in [-0.3, -0.25) is 0 Å². The molecule has 0 amide bonds. The van der Waals surface area contributed by atoms with Crippen LogP contribution in [0.5, 0.6) is 0 Å². The SMILES string of the molecule is O=c1oc2cc(-c3ccc4c(c3)c3ccc5c(c3n4-c3ccccc3)-c3ccccc3C53c4ccccc4-c4ccccc43)ccc2c2ccc(-c3cccc4c3-c3ccccc3CC4)cc12. The number of fused-ring (bicyclic) bond motifs is 20. The molecule has 1 spiro atoms. The van der Waals surface area contributed by atoms with Gasteiger partial charge in [0.2, 0.25) is 0 Å². The molecule has 3 heteroatoms. The Hall–Kier alpha value is -8.53. The van der Waals surface area contributed by atoms with Crippen LogP contribution in [0.3, 0.4) is 0 Å². The van der Waals surface area contributed by atoms with Crippen molar-refractivity contribution in [3.63, 3.8) is 0 Å². The third kappa shape index (κ3) is 4.87. The number of benzene rings is 10. The molecular weight excluding hydrogens is 815 g/mol. The second kappa shape index (κ2) is 13.5. The van der Waals surface area contributed by atoms with Crippen molar-refractivity contribution in [3.05, 3.63) is 256 Å². The molecule has 0 bridgehead atoms. The minimum Gasteiger partial charge on any atom is -0.422 e. The van der Waals surface area contributed by atoms with E-state index in [1.54, 1.807) is 0 Å². The number of hydrogen-bond acceptors (Lipinski definition) is 2. The van der Waals surface area contributed by atoms with Crippen LogP contribution in [0.2, 0.25) is 0 Å². The van der Waals surface area contributed by atoms with Crippen LogP contribution in [0.1, 0.15) is 33.4 Å². The molecule has 12 aromatic rings. The second-order valence-electron chi connectivity index (χ2n) is 18.5. The molecule has 0 atom stereocenters. The van der Waals surface area contributed by atoms with E-state index in [0.717, 1.165) is 57.1 Å². The topological polar surface area (TPSA) is 35.1 Å². The molecule has 0 fully saturated rings.